The van der Waals surface area contributed by atoms with Gasteiger partial charge in [0.25, 0.3) is 0 Å². The zero-order valence-electron chi connectivity index (χ0n) is 8.31. The topological polar surface area (TPSA) is 48.5 Å². The Labute approximate surface area is 88.5 Å². The van der Waals surface area contributed by atoms with Gasteiger partial charge in [-0.3, -0.25) is 4.68 Å². The zero-order valence-corrected chi connectivity index (χ0v) is 8.31. The molecule has 0 saturated heterocycles. The molecule has 0 fully saturated rings. The molecular formula is C8H8F3N5. The Morgan fingerprint density at radius 2 is 2.06 bits per heavy atom. The summed E-state index contributed by atoms with van der Waals surface area (Å²) in [4.78, 5) is 0. The summed E-state index contributed by atoms with van der Waals surface area (Å²) in [7, 11) is 1.71. The van der Waals surface area contributed by atoms with Crippen LogP contribution < -0.4 is 0 Å². The molecular weight excluding hydrogens is 223 g/mol. The Bertz CT molecular complexity index is 484. The summed E-state index contributed by atoms with van der Waals surface area (Å²) in [6.45, 7) is -1.15. The quantitative estimate of drug-likeness (QED) is 0.781. The molecule has 0 aliphatic rings. The van der Waals surface area contributed by atoms with Crippen LogP contribution in [0.1, 0.15) is 0 Å². The van der Waals surface area contributed by atoms with Crippen LogP contribution >= 0.6 is 0 Å². The standard InChI is InChI=1S/C8H8F3N5/c1-15-3-2-6(13-15)7-4-16(14-12-7)5-8(9,10)11/h2-4H,5H2,1H3. The highest BCUT2D eigenvalue weighted by atomic mass is 19.4. The fraction of sp³-hybridized carbons (Fsp3) is 0.375. The fourth-order valence-corrected chi connectivity index (χ4v) is 1.23. The summed E-state index contributed by atoms with van der Waals surface area (Å²) >= 11 is 0. The van der Waals surface area contributed by atoms with Gasteiger partial charge in [-0.25, -0.2) is 4.68 Å². The van der Waals surface area contributed by atoms with Crippen molar-refractivity contribution in [1.29, 1.82) is 0 Å². The molecule has 2 aromatic heterocycles. The van der Waals surface area contributed by atoms with Gasteiger partial charge in [-0.2, -0.15) is 18.3 Å². The third-order valence-electron chi connectivity index (χ3n) is 1.86. The second-order valence-corrected chi connectivity index (χ2v) is 3.29. The second-order valence-electron chi connectivity index (χ2n) is 3.29. The molecule has 0 atom stereocenters. The van der Waals surface area contributed by atoms with Gasteiger partial charge in [0, 0.05) is 13.2 Å². The van der Waals surface area contributed by atoms with Crippen molar-refractivity contribution >= 4 is 0 Å². The Hall–Kier alpha value is -1.86. The van der Waals surface area contributed by atoms with Crippen molar-refractivity contribution in [3.05, 3.63) is 18.5 Å². The summed E-state index contributed by atoms with van der Waals surface area (Å²) in [6.07, 6.45) is -1.40. The number of hydrogen-bond donors (Lipinski definition) is 0. The molecule has 2 rings (SSSR count). The van der Waals surface area contributed by atoms with Crippen molar-refractivity contribution in [1.82, 2.24) is 24.8 Å². The Morgan fingerprint density at radius 3 is 2.62 bits per heavy atom. The summed E-state index contributed by atoms with van der Waals surface area (Å²) in [5.74, 6) is 0. The highest BCUT2D eigenvalue weighted by Crippen LogP contribution is 2.18. The highest BCUT2D eigenvalue weighted by Gasteiger charge is 2.28. The van der Waals surface area contributed by atoms with Crippen LogP contribution in [0.5, 0.6) is 0 Å². The maximum absolute atomic E-state index is 12.0. The van der Waals surface area contributed by atoms with Crippen LogP contribution in [0.2, 0.25) is 0 Å². The third kappa shape index (κ3) is 2.38. The van der Waals surface area contributed by atoms with Crippen LogP contribution in [0.15, 0.2) is 18.5 Å². The number of alkyl halides is 3. The molecule has 0 aliphatic heterocycles. The zero-order chi connectivity index (χ0) is 11.8. The molecule has 5 nitrogen and oxygen atoms in total. The Kier molecular flexibility index (Phi) is 2.41. The SMILES string of the molecule is Cn1ccc(-c2cn(CC(F)(F)F)nn2)n1. The molecule has 2 heterocycles. The van der Waals surface area contributed by atoms with Crippen molar-refractivity contribution in [2.75, 3.05) is 0 Å². The number of nitrogens with zero attached hydrogens (tertiary/aromatic N) is 5. The first-order valence-electron chi connectivity index (χ1n) is 4.41. The van der Waals surface area contributed by atoms with E-state index in [9.17, 15) is 13.2 Å². The number of halogens is 3. The Balaban J connectivity index is 2.20. The first-order chi connectivity index (χ1) is 7.44. The predicted octanol–water partition coefficient (Wildman–Crippen LogP) is 1.24. The van der Waals surface area contributed by atoms with Crippen molar-refractivity contribution < 1.29 is 13.2 Å². The van der Waals surface area contributed by atoms with Gasteiger partial charge in [0.15, 0.2) is 0 Å². The number of hydrogen-bond acceptors (Lipinski definition) is 3. The second kappa shape index (κ2) is 3.62. The molecule has 8 heteroatoms. The number of aryl methyl sites for hydroxylation is 1. The van der Waals surface area contributed by atoms with E-state index in [4.69, 9.17) is 0 Å². The van der Waals surface area contributed by atoms with E-state index in [1.807, 2.05) is 0 Å². The van der Waals surface area contributed by atoms with E-state index in [0.717, 1.165) is 4.68 Å². The van der Waals surface area contributed by atoms with E-state index in [-0.39, 0.29) is 0 Å². The molecule has 0 radical (unpaired) electrons. The van der Waals surface area contributed by atoms with E-state index >= 15 is 0 Å². The van der Waals surface area contributed by atoms with E-state index in [2.05, 4.69) is 15.4 Å². The minimum atomic E-state index is -4.30. The summed E-state index contributed by atoms with van der Waals surface area (Å²) in [5, 5.41) is 11.0. The lowest BCUT2D eigenvalue weighted by molar-refractivity contribution is -0.142. The smallest absolute Gasteiger partial charge is 0.275 e. The molecule has 0 aliphatic carbocycles. The molecule has 2 aromatic rings. The lowest BCUT2D eigenvalue weighted by Crippen LogP contribution is -2.17. The van der Waals surface area contributed by atoms with Crippen LogP contribution in [0.25, 0.3) is 11.4 Å². The molecule has 0 bridgehead atoms. The fourth-order valence-electron chi connectivity index (χ4n) is 1.23. The average Bonchev–Trinajstić information content (AvgIpc) is 2.71. The number of aromatic nitrogens is 5. The van der Waals surface area contributed by atoms with Gasteiger partial charge in [-0.15, -0.1) is 5.10 Å². The largest absolute Gasteiger partial charge is 0.408 e. The maximum atomic E-state index is 12.0. The van der Waals surface area contributed by atoms with Crippen LogP contribution in [0, 0.1) is 0 Å². The van der Waals surface area contributed by atoms with Crippen molar-refractivity contribution in [2.24, 2.45) is 7.05 Å². The molecule has 0 saturated carbocycles. The van der Waals surface area contributed by atoms with Gasteiger partial charge in [0.2, 0.25) is 0 Å². The molecule has 0 unspecified atom stereocenters. The monoisotopic (exact) mass is 231 g/mol. The Morgan fingerprint density at radius 1 is 1.31 bits per heavy atom. The van der Waals surface area contributed by atoms with Gasteiger partial charge in [0.05, 0.1) is 6.20 Å². The summed E-state index contributed by atoms with van der Waals surface area (Å²) < 4.78 is 38.4. The molecule has 0 N–H and O–H groups in total. The van der Waals surface area contributed by atoms with Crippen LogP contribution in [0.3, 0.4) is 0 Å². The molecule has 16 heavy (non-hydrogen) atoms. The van der Waals surface area contributed by atoms with Gasteiger partial charge < -0.3 is 0 Å². The van der Waals surface area contributed by atoms with Gasteiger partial charge in [-0.1, -0.05) is 5.21 Å². The van der Waals surface area contributed by atoms with E-state index in [0.29, 0.717) is 11.4 Å². The minimum Gasteiger partial charge on any atom is -0.275 e. The first kappa shape index (κ1) is 10.7. The van der Waals surface area contributed by atoms with Crippen LogP contribution in [0.4, 0.5) is 13.2 Å². The lowest BCUT2D eigenvalue weighted by Gasteiger charge is -2.03. The first-order valence-corrected chi connectivity index (χ1v) is 4.41. The predicted molar refractivity (Wildman–Crippen MR) is 48.3 cm³/mol. The summed E-state index contributed by atoms with van der Waals surface area (Å²) in [5.41, 5.74) is 0.820. The summed E-state index contributed by atoms with van der Waals surface area (Å²) in [6, 6.07) is 1.65. The van der Waals surface area contributed by atoms with E-state index in [1.54, 1.807) is 19.3 Å². The normalized spacial score (nSPS) is 12.0. The van der Waals surface area contributed by atoms with Crippen LogP contribution in [-0.4, -0.2) is 31.0 Å². The van der Waals surface area contributed by atoms with Crippen molar-refractivity contribution in [3.63, 3.8) is 0 Å². The highest BCUT2D eigenvalue weighted by molar-refractivity contribution is 5.50. The van der Waals surface area contributed by atoms with E-state index in [1.165, 1.54) is 10.9 Å². The van der Waals surface area contributed by atoms with Gasteiger partial charge in [-0.05, 0) is 6.07 Å². The minimum absolute atomic E-state index is 0.324. The molecule has 0 amide bonds. The van der Waals surface area contributed by atoms with Crippen LogP contribution in [-0.2, 0) is 13.6 Å². The molecule has 0 aromatic carbocycles. The average molecular weight is 231 g/mol. The van der Waals surface area contributed by atoms with E-state index < -0.39 is 12.7 Å². The van der Waals surface area contributed by atoms with Gasteiger partial charge >= 0.3 is 6.18 Å². The lowest BCUT2D eigenvalue weighted by atomic mass is 10.3. The molecule has 86 valence electrons. The number of rotatable bonds is 2. The maximum Gasteiger partial charge on any atom is 0.408 e. The molecule has 0 spiro atoms. The third-order valence-corrected chi connectivity index (χ3v) is 1.86. The van der Waals surface area contributed by atoms with Gasteiger partial charge in [0.1, 0.15) is 17.9 Å². The van der Waals surface area contributed by atoms with Crippen molar-refractivity contribution in [3.8, 4) is 11.4 Å². The van der Waals surface area contributed by atoms with Crippen molar-refractivity contribution in [2.45, 2.75) is 12.7 Å².